The maximum Gasteiger partial charge on any atom is 0.264 e. The Bertz CT molecular complexity index is 1470. The van der Waals surface area contributed by atoms with Gasteiger partial charge in [0, 0.05) is 5.56 Å². The molecule has 7 heteroatoms. The molecule has 0 saturated heterocycles. The topological polar surface area (TPSA) is 78.8 Å². The first-order valence-corrected chi connectivity index (χ1v) is 12.5. The van der Waals surface area contributed by atoms with Crippen molar-refractivity contribution in [3.63, 3.8) is 0 Å². The van der Waals surface area contributed by atoms with Crippen molar-refractivity contribution < 1.29 is 13.2 Å². The number of benzene rings is 4. The van der Waals surface area contributed by atoms with E-state index in [4.69, 9.17) is 0 Å². The van der Waals surface area contributed by atoms with E-state index in [1.165, 1.54) is 28.6 Å². The lowest BCUT2D eigenvalue weighted by molar-refractivity contribution is -0.119. The number of para-hydroxylation sites is 1. The second kappa shape index (κ2) is 9.11. The molecule has 1 aliphatic rings. The average molecular weight is 470 g/mol. The molecule has 0 radical (unpaired) electrons. The molecule has 0 saturated carbocycles. The number of hydrazone groups is 1. The fraction of sp³-hybridized carbons (Fsp3) is 0.111. The molecule has 0 bridgehead atoms. The van der Waals surface area contributed by atoms with Gasteiger partial charge in [-0.05, 0) is 59.0 Å². The number of amides is 1. The lowest BCUT2D eigenvalue weighted by Crippen LogP contribution is -2.39. The summed E-state index contributed by atoms with van der Waals surface area (Å²) in [7, 11) is -3.94. The Morgan fingerprint density at radius 1 is 0.853 bits per heavy atom. The molecule has 170 valence electrons. The molecule has 0 spiro atoms. The molecule has 1 N–H and O–H groups in total. The lowest BCUT2D eigenvalue weighted by atomic mass is 10.0. The highest BCUT2D eigenvalue weighted by Gasteiger charge is 2.26. The van der Waals surface area contributed by atoms with E-state index in [-0.39, 0.29) is 4.90 Å². The van der Waals surface area contributed by atoms with Gasteiger partial charge in [0.1, 0.15) is 6.54 Å². The summed E-state index contributed by atoms with van der Waals surface area (Å²) in [6, 6.07) is 27.0. The van der Waals surface area contributed by atoms with Crippen molar-refractivity contribution in [1.29, 1.82) is 0 Å². The molecule has 0 aliphatic heterocycles. The van der Waals surface area contributed by atoms with Gasteiger partial charge in [0.25, 0.3) is 15.9 Å². The second-order valence-electron chi connectivity index (χ2n) is 8.11. The molecule has 4 aromatic rings. The maximum atomic E-state index is 13.3. The Kier molecular flexibility index (Phi) is 5.86. The average Bonchev–Trinajstić information content (AvgIpc) is 3.29. The zero-order valence-corrected chi connectivity index (χ0v) is 19.2. The quantitative estimate of drug-likeness (QED) is 0.324. The standard InChI is InChI=1S/C27H23N3O3S/c31-26(29-28-18-22-17-16-21-15-14-20-8-7-13-25(22)27(20)21)19-30(23-9-3-1-4-10-23)34(32,33)24-11-5-2-6-12-24/h1-13,16-18H,14-15,19H2,(H,29,31). The van der Waals surface area contributed by atoms with Crippen LogP contribution < -0.4 is 9.73 Å². The monoisotopic (exact) mass is 469 g/mol. The van der Waals surface area contributed by atoms with Crippen LogP contribution in [0.4, 0.5) is 5.69 Å². The van der Waals surface area contributed by atoms with Gasteiger partial charge in [-0.25, -0.2) is 13.8 Å². The Morgan fingerprint density at radius 2 is 1.53 bits per heavy atom. The van der Waals surface area contributed by atoms with Crippen molar-refractivity contribution in [1.82, 2.24) is 5.43 Å². The summed E-state index contributed by atoms with van der Waals surface area (Å²) in [5.74, 6) is -0.537. The highest BCUT2D eigenvalue weighted by molar-refractivity contribution is 7.92. The van der Waals surface area contributed by atoms with E-state index < -0.39 is 22.5 Å². The third-order valence-electron chi connectivity index (χ3n) is 5.97. The Hall–Kier alpha value is -3.97. The lowest BCUT2D eigenvalue weighted by Gasteiger charge is -2.23. The van der Waals surface area contributed by atoms with Crippen molar-refractivity contribution in [2.45, 2.75) is 17.7 Å². The molecule has 1 amide bonds. The normalized spacial score (nSPS) is 12.8. The molecular weight excluding hydrogens is 446 g/mol. The van der Waals surface area contributed by atoms with Gasteiger partial charge in [0.15, 0.2) is 0 Å². The minimum absolute atomic E-state index is 0.114. The van der Waals surface area contributed by atoms with E-state index in [1.54, 1.807) is 54.7 Å². The molecule has 6 nitrogen and oxygen atoms in total. The van der Waals surface area contributed by atoms with Crippen molar-refractivity contribution in [3.8, 4) is 0 Å². The van der Waals surface area contributed by atoms with Crippen LogP contribution >= 0.6 is 0 Å². The van der Waals surface area contributed by atoms with E-state index in [0.29, 0.717) is 5.69 Å². The van der Waals surface area contributed by atoms with Crippen LogP contribution in [0.5, 0.6) is 0 Å². The van der Waals surface area contributed by atoms with Crippen LogP contribution in [0.2, 0.25) is 0 Å². The molecule has 1 aliphatic carbocycles. The van der Waals surface area contributed by atoms with Gasteiger partial charge in [0.05, 0.1) is 16.8 Å². The summed E-state index contributed by atoms with van der Waals surface area (Å²) >= 11 is 0. The molecule has 0 atom stereocenters. The maximum absolute atomic E-state index is 13.3. The number of rotatable bonds is 7. The summed E-state index contributed by atoms with van der Waals surface area (Å²) in [5.41, 5.74) is 6.45. The molecule has 34 heavy (non-hydrogen) atoms. The summed E-state index contributed by atoms with van der Waals surface area (Å²) in [6.45, 7) is -0.400. The van der Waals surface area contributed by atoms with Gasteiger partial charge in [-0.2, -0.15) is 5.10 Å². The van der Waals surface area contributed by atoms with E-state index in [1.807, 2.05) is 12.1 Å². The molecule has 4 aromatic carbocycles. The summed E-state index contributed by atoms with van der Waals surface area (Å²) in [4.78, 5) is 12.9. The number of aryl methyl sites for hydroxylation is 2. The van der Waals surface area contributed by atoms with Crippen LogP contribution in [-0.2, 0) is 27.7 Å². The first-order valence-electron chi connectivity index (χ1n) is 11.0. The molecule has 0 aromatic heterocycles. The molecule has 0 unspecified atom stereocenters. The van der Waals surface area contributed by atoms with E-state index >= 15 is 0 Å². The number of sulfonamides is 1. The molecule has 5 rings (SSSR count). The van der Waals surface area contributed by atoms with Crippen LogP contribution in [0, 0.1) is 0 Å². The van der Waals surface area contributed by atoms with Gasteiger partial charge in [0.2, 0.25) is 0 Å². The predicted molar refractivity (Wildman–Crippen MR) is 135 cm³/mol. The Morgan fingerprint density at radius 3 is 2.26 bits per heavy atom. The van der Waals surface area contributed by atoms with Crippen molar-refractivity contribution >= 4 is 38.6 Å². The SMILES string of the molecule is O=C(CN(c1ccccc1)S(=O)(=O)c1ccccc1)NN=Cc1ccc2c3c(cccc13)CC2. The Balaban J connectivity index is 1.37. The summed E-state index contributed by atoms with van der Waals surface area (Å²) < 4.78 is 27.7. The number of nitrogens with one attached hydrogen (secondary N) is 1. The van der Waals surface area contributed by atoms with Gasteiger partial charge in [-0.3, -0.25) is 9.10 Å². The van der Waals surface area contributed by atoms with Crippen LogP contribution in [0.25, 0.3) is 10.8 Å². The predicted octanol–water partition coefficient (Wildman–Crippen LogP) is 4.28. The first kappa shape index (κ1) is 21.9. The van der Waals surface area contributed by atoms with Gasteiger partial charge in [-0.1, -0.05) is 66.7 Å². The molecule has 0 fully saturated rings. The van der Waals surface area contributed by atoms with Gasteiger partial charge >= 0.3 is 0 Å². The largest absolute Gasteiger partial charge is 0.271 e. The highest BCUT2D eigenvalue weighted by atomic mass is 32.2. The summed E-state index contributed by atoms with van der Waals surface area (Å²) in [6.07, 6.45) is 3.68. The van der Waals surface area contributed by atoms with Crippen LogP contribution in [0.1, 0.15) is 16.7 Å². The fourth-order valence-corrected chi connectivity index (χ4v) is 5.79. The number of hydrogen-bond acceptors (Lipinski definition) is 4. The number of nitrogens with zero attached hydrogens (tertiary/aromatic N) is 2. The van der Waals surface area contributed by atoms with Crippen LogP contribution in [0.15, 0.2) is 101 Å². The third-order valence-corrected chi connectivity index (χ3v) is 7.75. The zero-order valence-electron chi connectivity index (χ0n) is 18.4. The van der Waals surface area contributed by atoms with Crippen molar-refractivity contribution in [3.05, 3.63) is 108 Å². The van der Waals surface area contributed by atoms with E-state index in [9.17, 15) is 13.2 Å². The smallest absolute Gasteiger partial charge is 0.264 e. The number of hydrogen-bond donors (Lipinski definition) is 1. The number of anilines is 1. The molecule has 0 heterocycles. The van der Waals surface area contributed by atoms with Crippen molar-refractivity contribution in [2.75, 3.05) is 10.8 Å². The van der Waals surface area contributed by atoms with E-state index in [2.05, 4.69) is 28.7 Å². The van der Waals surface area contributed by atoms with Gasteiger partial charge in [-0.15, -0.1) is 0 Å². The van der Waals surface area contributed by atoms with Crippen molar-refractivity contribution in [2.24, 2.45) is 5.10 Å². The highest BCUT2D eigenvalue weighted by Crippen LogP contribution is 2.32. The Labute approximate surface area is 198 Å². The second-order valence-corrected chi connectivity index (χ2v) is 9.97. The number of carbonyl (C=O) groups excluding carboxylic acids is 1. The third kappa shape index (κ3) is 4.18. The van der Waals surface area contributed by atoms with Crippen LogP contribution in [0.3, 0.4) is 0 Å². The first-order chi connectivity index (χ1) is 16.5. The number of carbonyl (C=O) groups is 1. The zero-order chi connectivity index (χ0) is 23.5. The van der Waals surface area contributed by atoms with Crippen LogP contribution in [-0.4, -0.2) is 27.1 Å². The molecular formula is C27H23N3O3S. The summed E-state index contributed by atoms with van der Waals surface area (Å²) in [5, 5.41) is 6.49. The van der Waals surface area contributed by atoms with E-state index in [0.717, 1.165) is 28.1 Å². The fourth-order valence-electron chi connectivity index (χ4n) is 4.35. The van der Waals surface area contributed by atoms with Gasteiger partial charge < -0.3 is 0 Å². The minimum Gasteiger partial charge on any atom is -0.271 e. The minimum atomic E-state index is -3.94.